The van der Waals surface area contributed by atoms with Crippen LogP contribution in [-0.2, 0) is 14.3 Å². The predicted octanol–water partition coefficient (Wildman–Crippen LogP) is -0.188. The van der Waals surface area contributed by atoms with Crippen molar-refractivity contribution in [2.75, 3.05) is 33.4 Å². The van der Waals surface area contributed by atoms with Crippen LogP contribution >= 0.6 is 0 Å². The van der Waals surface area contributed by atoms with E-state index in [0.29, 0.717) is 19.1 Å². The van der Waals surface area contributed by atoms with Crippen molar-refractivity contribution in [2.45, 2.75) is 18.9 Å². The number of ether oxygens (including phenoxy) is 2. The minimum Gasteiger partial charge on any atom is -0.481 e. The zero-order valence-corrected chi connectivity index (χ0v) is 10.5. The maximum atomic E-state index is 11.4. The van der Waals surface area contributed by atoms with E-state index >= 15 is 0 Å². The average molecular weight is 260 g/mol. The van der Waals surface area contributed by atoms with Crippen molar-refractivity contribution in [3.8, 4) is 0 Å². The van der Waals surface area contributed by atoms with Gasteiger partial charge in [0, 0.05) is 32.7 Å². The molecule has 0 spiro atoms. The number of hydrogen-bond acceptors (Lipinski definition) is 4. The van der Waals surface area contributed by atoms with Gasteiger partial charge in [0.15, 0.2) is 0 Å². The molecule has 1 aliphatic heterocycles. The lowest BCUT2D eigenvalue weighted by atomic mass is 10.1. The number of carbonyl (C=O) groups is 2. The molecule has 1 aliphatic rings. The van der Waals surface area contributed by atoms with Gasteiger partial charge >= 0.3 is 12.0 Å². The monoisotopic (exact) mass is 260 g/mol. The lowest BCUT2D eigenvalue weighted by Gasteiger charge is -2.15. The van der Waals surface area contributed by atoms with E-state index in [1.54, 1.807) is 0 Å². The van der Waals surface area contributed by atoms with Crippen LogP contribution in [0.4, 0.5) is 4.79 Å². The molecule has 7 nitrogen and oxygen atoms in total. The molecule has 0 aromatic carbocycles. The van der Waals surface area contributed by atoms with E-state index in [1.807, 2.05) is 0 Å². The minimum atomic E-state index is -0.952. The first-order valence-electron chi connectivity index (χ1n) is 5.96. The SMILES string of the molecule is COC(CNC(=O)NCC1CCOC1)CC(=O)O. The molecule has 1 saturated heterocycles. The molecule has 1 heterocycles. The highest BCUT2D eigenvalue weighted by atomic mass is 16.5. The Balaban J connectivity index is 2.12. The second-order valence-electron chi connectivity index (χ2n) is 4.28. The number of nitrogens with one attached hydrogen (secondary N) is 2. The van der Waals surface area contributed by atoms with Crippen LogP contribution in [0.15, 0.2) is 0 Å². The number of amides is 2. The zero-order valence-electron chi connectivity index (χ0n) is 10.5. The summed E-state index contributed by atoms with van der Waals surface area (Å²) in [5, 5.41) is 13.9. The topological polar surface area (TPSA) is 96.9 Å². The first-order chi connectivity index (χ1) is 8.61. The van der Waals surface area contributed by atoms with Crippen molar-refractivity contribution >= 4 is 12.0 Å². The van der Waals surface area contributed by atoms with Crippen LogP contribution < -0.4 is 10.6 Å². The van der Waals surface area contributed by atoms with Crippen LogP contribution in [0.5, 0.6) is 0 Å². The maximum absolute atomic E-state index is 11.4. The van der Waals surface area contributed by atoms with Crippen molar-refractivity contribution in [3.05, 3.63) is 0 Å². The number of hydrogen-bond donors (Lipinski definition) is 3. The van der Waals surface area contributed by atoms with Crippen LogP contribution in [0.2, 0.25) is 0 Å². The van der Waals surface area contributed by atoms with Gasteiger partial charge in [-0.1, -0.05) is 0 Å². The Bertz CT molecular complexity index is 279. The number of aliphatic carboxylic acids is 1. The summed E-state index contributed by atoms with van der Waals surface area (Å²) >= 11 is 0. The molecule has 0 aliphatic carbocycles. The molecule has 1 rings (SSSR count). The lowest BCUT2D eigenvalue weighted by Crippen LogP contribution is -2.42. The van der Waals surface area contributed by atoms with Crippen LogP contribution in [0.3, 0.4) is 0 Å². The van der Waals surface area contributed by atoms with E-state index in [1.165, 1.54) is 7.11 Å². The Morgan fingerprint density at radius 2 is 2.28 bits per heavy atom. The Kier molecular flexibility index (Phi) is 6.45. The minimum absolute atomic E-state index is 0.132. The molecule has 0 aromatic heterocycles. The fourth-order valence-corrected chi connectivity index (χ4v) is 1.68. The van der Waals surface area contributed by atoms with E-state index in [-0.39, 0.29) is 19.0 Å². The number of rotatable bonds is 7. The predicted molar refractivity (Wildman–Crippen MR) is 63.4 cm³/mol. The van der Waals surface area contributed by atoms with Gasteiger partial charge in [-0.25, -0.2) is 4.79 Å². The van der Waals surface area contributed by atoms with E-state index in [2.05, 4.69) is 10.6 Å². The van der Waals surface area contributed by atoms with Gasteiger partial charge in [-0.3, -0.25) is 4.79 Å². The maximum Gasteiger partial charge on any atom is 0.314 e. The smallest absolute Gasteiger partial charge is 0.314 e. The third-order valence-electron chi connectivity index (χ3n) is 2.80. The summed E-state index contributed by atoms with van der Waals surface area (Å²) in [5.41, 5.74) is 0. The first-order valence-corrected chi connectivity index (χ1v) is 5.96. The molecular formula is C11H20N2O5. The highest BCUT2D eigenvalue weighted by Gasteiger charge is 2.17. The Labute approximate surface area is 106 Å². The number of carbonyl (C=O) groups excluding carboxylic acids is 1. The molecule has 1 fully saturated rings. The summed E-state index contributed by atoms with van der Waals surface area (Å²) in [6, 6.07) is -0.311. The Morgan fingerprint density at radius 1 is 1.50 bits per heavy atom. The van der Waals surface area contributed by atoms with E-state index < -0.39 is 12.1 Å². The molecule has 0 bridgehead atoms. The van der Waals surface area contributed by atoms with Gasteiger partial charge in [-0.2, -0.15) is 0 Å². The van der Waals surface area contributed by atoms with Crippen LogP contribution in [-0.4, -0.2) is 56.6 Å². The summed E-state index contributed by atoms with van der Waals surface area (Å²) in [7, 11) is 1.42. The summed E-state index contributed by atoms with van der Waals surface area (Å²) in [6.07, 6.45) is 0.316. The lowest BCUT2D eigenvalue weighted by molar-refractivity contribution is -0.139. The summed E-state index contributed by atoms with van der Waals surface area (Å²) in [5.74, 6) is -0.583. The van der Waals surface area contributed by atoms with E-state index in [9.17, 15) is 9.59 Å². The standard InChI is InChI=1S/C11H20N2O5/c1-17-9(4-10(14)15)6-13-11(16)12-5-8-2-3-18-7-8/h8-9H,2-7H2,1H3,(H,14,15)(H2,12,13,16). The molecule has 104 valence electrons. The normalized spacial score (nSPS) is 20.4. The van der Waals surface area contributed by atoms with Gasteiger partial charge in [0.05, 0.1) is 19.1 Å². The number of urea groups is 1. The summed E-state index contributed by atoms with van der Waals surface area (Å²) < 4.78 is 10.1. The van der Waals surface area contributed by atoms with Gasteiger partial charge in [-0.15, -0.1) is 0 Å². The van der Waals surface area contributed by atoms with Crippen LogP contribution in [0, 0.1) is 5.92 Å². The van der Waals surface area contributed by atoms with Gasteiger partial charge in [0.25, 0.3) is 0 Å². The quantitative estimate of drug-likeness (QED) is 0.589. The van der Waals surface area contributed by atoms with Crippen molar-refractivity contribution < 1.29 is 24.2 Å². The molecule has 3 N–H and O–H groups in total. The molecule has 2 atom stereocenters. The molecule has 2 unspecified atom stereocenters. The third-order valence-corrected chi connectivity index (χ3v) is 2.80. The van der Waals surface area contributed by atoms with Crippen LogP contribution in [0.1, 0.15) is 12.8 Å². The molecular weight excluding hydrogens is 240 g/mol. The van der Waals surface area contributed by atoms with Gasteiger partial charge < -0.3 is 25.2 Å². The second kappa shape index (κ2) is 7.88. The van der Waals surface area contributed by atoms with Gasteiger partial charge in [-0.05, 0) is 6.42 Å². The largest absolute Gasteiger partial charge is 0.481 e. The zero-order chi connectivity index (χ0) is 13.4. The fraction of sp³-hybridized carbons (Fsp3) is 0.818. The van der Waals surface area contributed by atoms with Crippen molar-refractivity contribution in [3.63, 3.8) is 0 Å². The second-order valence-corrected chi connectivity index (χ2v) is 4.28. The highest BCUT2D eigenvalue weighted by molar-refractivity contribution is 5.74. The van der Waals surface area contributed by atoms with Crippen molar-refractivity contribution in [1.82, 2.24) is 10.6 Å². The molecule has 0 saturated carbocycles. The Morgan fingerprint density at radius 3 is 2.83 bits per heavy atom. The molecule has 7 heteroatoms. The molecule has 0 aromatic rings. The number of methoxy groups -OCH3 is 1. The van der Waals surface area contributed by atoms with E-state index in [4.69, 9.17) is 14.6 Å². The first kappa shape index (κ1) is 14.7. The molecule has 0 radical (unpaired) electrons. The average Bonchev–Trinajstić information content (AvgIpc) is 2.84. The molecule has 18 heavy (non-hydrogen) atoms. The number of carboxylic acids is 1. The molecule has 2 amide bonds. The summed E-state index contributed by atoms with van der Waals surface area (Å²) in [4.78, 5) is 21.9. The number of carboxylic acid groups (broad SMARTS) is 1. The Hall–Kier alpha value is -1.34. The summed E-state index contributed by atoms with van der Waals surface area (Å²) in [6.45, 7) is 2.18. The van der Waals surface area contributed by atoms with Gasteiger partial charge in [0.2, 0.25) is 0 Å². The third kappa shape index (κ3) is 5.83. The highest BCUT2D eigenvalue weighted by Crippen LogP contribution is 2.10. The van der Waals surface area contributed by atoms with Crippen molar-refractivity contribution in [1.29, 1.82) is 0 Å². The fourth-order valence-electron chi connectivity index (χ4n) is 1.68. The van der Waals surface area contributed by atoms with Gasteiger partial charge in [0.1, 0.15) is 0 Å². The van der Waals surface area contributed by atoms with Crippen LogP contribution in [0.25, 0.3) is 0 Å². The van der Waals surface area contributed by atoms with E-state index in [0.717, 1.165) is 13.0 Å². The van der Waals surface area contributed by atoms with Crippen molar-refractivity contribution in [2.24, 2.45) is 5.92 Å².